The molecule has 2 N–H and O–H groups in total. The van der Waals surface area contributed by atoms with Gasteiger partial charge in [-0.1, -0.05) is 19.9 Å². The Morgan fingerprint density at radius 1 is 1.17 bits per heavy atom. The minimum atomic E-state index is -0.352. The maximum Gasteiger partial charge on any atom is 0.323 e. The summed E-state index contributed by atoms with van der Waals surface area (Å²) in [6.07, 6.45) is 7.62. The van der Waals surface area contributed by atoms with Crippen molar-refractivity contribution in [3.8, 4) is 11.4 Å². The highest BCUT2D eigenvalue weighted by molar-refractivity contribution is 5.81. The molecule has 2 aliphatic rings. The molecule has 1 saturated heterocycles. The second kappa shape index (κ2) is 12.6. The molecule has 2 unspecified atom stereocenters. The van der Waals surface area contributed by atoms with Gasteiger partial charge in [0.1, 0.15) is 18.0 Å². The molecule has 5 rings (SSSR count). The van der Waals surface area contributed by atoms with E-state index in [1.165, 1.54) is 0 Å². The molecule has 220 valence electrons. The van der Waals surface area contributed by atoms with E-state index < -0.39 is 0 Å². The first-order chi connectivity index (χ1) is 19.7. The van der Waals surface area contributed by atoms with Gasteiger partial charge in [-0.3, -0.25) is 14.4 Å². The highest BCUT2D eigenvalue weighted by Crippen LogP contribution is 2.29. The minimum Gasteiger partial charge on any atom is -0.461 e. The SMILES string of the molecule is CC(=O)N1CCC(Cn2c(-c3c[nH]c(=O)c(C)c3)nc3cc(CNC(CC(C)C)C(=O)OC4CCCC4)ccc32)C1. The van der Waals surface area contributed by atoms with Crippen LogP contribution < -0.4 is 10.9 Å². The monoisotopic (exact) mass is 561 g/mol. The predicted octanol–water partition coefficient (Wildman–Crippen LogP) is 4.56. The van der Waals surface area contributed by atoms with Gasteiger partial charge >= 0.3 is 5.97 Å². The van der Waals surface area contributed by atoms with Crippen LogP contribution in [-0.4, -0.2) is 56.5 Å². The van der Waals surface area contributed by atoms with Crippen LogP contribution in [0.15, 0.2) is 35.3 Å². The second-order valence-electron chi connectivity index (χ2n) is 12.3. The summed E-state index contributed by atoms with van der Waals surface area (Å²) in [6, 6.07) is 7.78. The number of carbonyl (C=O) groups is 2. The zero-order valence-electron chi connectivity index (χ0n) is 24.7. The Hall–Kier alpha value is -3.46. The Morgan fingerprint density at radius 3 is 2.63 bits per heavy atom. The van der Waals surface area contributed by atoms with E-state index in [9.17, 15) is 14.4 Å². The van der Waals surface area contributed by atoms with E-state index in [1.54, 1.807) is 20.0 Å². The first kappa shape index (κ1) is 29.0. The van der Waals surface area contributed by atoms with Crippen LogP contribution in [0.2, 0.25) is 0 Å². The first-order valence-electron chi connectivity index (χ1n) is 15.1. The number of amides is 1. The van der Waals surface area contributed by atoms with E-state index in [0.29, 0.717) is 23.9 Å². The molecule has 9 nitrogen and oxygen atoms in total. The molecule has 1 amide bonds. The fourth-order valence-electron chi connectivity index (χ4n) is 6.17. The maximum atomic E-state index is 13.0. The molecule has 1 aromatic carbocycles. The number of fused-ring (bicyclic) bond motifs is 1. The summed E-state index contributed by atoms with van der Waals surface area (Å²) in [7, 11) is 0. The molecule has 9 heteroatoms. The topological polar surface area (TPSA) is 109 Å². The van der Waals surface area contributed by atoms with Crippen LogP contribution in [-0.2, 0) is 27.4 Å². The number of hydrogen-bond donors (Lipinski definition) is 2. The Morgan fingerprint density at radius 2 is 1.95 bits per heavy atom. The molecular weight excluding hydrogens is 518 g/mol. The third-order valence-corrected chi connectivity index (χ3v) is 8.46. The van der Waals surface area contributed by atoms with E-state index in [4.69, 9.17) is 9.72 Å². The van der Waals surface area contributed by atoms with Crippen LogP contribution in [0, 0.1) is 18.8 Å². The predicted molar refractivity (Wildman–Crippen MR) is 159 cm³/mol. The van der Waals surface area contributed by atoms with E-state index in [2.05, 4.69) is 46.9 Å². The van der Waals surface area contributed by atoms with Crippen molar-refractivity contribution in [2.24, 2.45) is 11.8 Å². The fraction of sp³-hybridized carbons (Fsp3) is 0.562. The quantitative estimate of drug-likeness (QED) is 0.351. The van der Waals surface area contributed by atoms with Gasteiger partial charge < -0.3 is 24.5 Å². The van der Waals surface area contributed by atoms with Crippen molar-refractivity contribution >= 4 is 22.9 Å². The highest BCUT2D eigenvalue weighted by atomic mass is 16.5. The van der Waals surface area contributed by atoms with Gasteiger partial charge in [0.15, 0.2) is 0 Å². The molecule has 3 aromatic rings. The van der Waals surface area contributed by atoms with E-state index in [-0.39, 0.29) is 29.6 Å². The second-order valence-corrected chi connectivity index (χ2v) is 12.3. The number of hydrogen-bond acceptors (Lipinski definition) is 6. The van der Waals surface area contributed by atoms with Crippen LogP contribution in [0.5, 0.6) is 0 Å². The number of rotatable bonds is 10. The van der Waals surface area contributed by atoms with Gasteiger partial charge in [0, 0.05) is 50.4 Å². The largest absolute Gasteiger partial charge is 0.461 e. The summed E-state index contributed by atoms with van der Waals surface area (Å²) in [6.45, 7) is 10.4. The van der Waals surface area contributed by atoms with Crippen molar-refractivity contribution in [3.05, 3.63) is 51.9 Å². The highest BCUT2D eigenvalue weighted by Gasteiger charge is 2.28. The number of carbonyl (C=O) groups excluding carboxylic acids is 2. The molecule has 2 fully saturated rings. The van der Waals surface area contributed by atoms with E-state index >= 15 is 0 Å². The van der Waals surface area contributed by atoms with Gasteiger partial charge in [0.05, 0.1) is 11.0 Å². The normalized spacial score (nSPS) is 18.5. The lowest BCUT2D eigenvalue weighted by molar-refractivity contribution is -0.151. The Bertz CT molecular complexity index is 1450. The van der Waals surface area contributed by atoms with E-state index in [0.717, 1.165) is 86.1 Å². The number of benzene rings is 1. The third-order valence-electron chi connectivity index (χ3n) is 8.46. The molecule has 0 spiro atoms. The molecule has 2 aromatic heterocycles. The summed E-state index contributed by atoms with van der Waals surface area (Å²) in [4.78, 5) is 46.8. The van der Waals surface area contributed by atoms with Gasteiger partial charge in [0.2, 0.25) is 5.91 Å². The number of pyridine rings is 1. The van der Waals surface area contributed by atoms with Gasteiger partial charge in [-0.05, 0) is 81.0 Å². The van der Waals surface area contributed by atoms with Crippen molar-refractivity contribution in [1.29, 1.82) is 0 Å². The number of ether oxygens (including phenoxy) is 1. The lowest BCUT2D eigenvalue weighted by atomic mass is 10.0. The van der Waals surface area contributed by atoms with Crippen molar-refractivity contribution in [2.75, 3.05) is 13.1 Å². The number of aromatic amines is 1. The van der Waals surface area contributed by atoms with Gasteiger partial charge in [-0.25, -0.2) is 4.98 Å². The Balaban J connectivity index is 1.39. The number of aryl methyl sites for hydroxylation is 1. The van der Waals surface area contributed by atoms with Crippen molar-refractivity contribution in [2.45, 2.75) is 91.5 Å². The van der Waals surface area contributed by atoms with Crippen molar-refractivity contribution in [1.82, 2.24) is 24.8 Å². The molecule has 41 heavy (non-hydrogen) atoms. The van der Waals surface area contributed by atoms with Crippen LogP contribution in [0.1, 0.15) is 70.4 Å². The zero-order chi connectivity index (χ0) is 29.1. The average Bonchev–Trinajstić information content (AvgIpc) is 3.69. The van der Waals surface area contributed by atoms with Crippen LogP contribution >= 0.6 is 0 Å². The number of likely N-dealkylation sites (tertiary alicyclic amines) is 1. The van der Waals surface area contributed by atoms with Crippen molar-refractivity contribution in [3.63, 3.8) is 0 Å². The molecule has 3 heterocycles. The standard InChI is InChI=1S/C32H43N5O4/c1-20(2)13-28(32(40)41-26-7-5-6-8-26)33-16-23-9-10-29-27(15-23)35-30(25-14-21(3)31(39)34-17-25)37(29)19-24-11-12-36(18-24)22(4)38/h9-10,14-15,17,20,24,26,28,33H,5-8,11-13,16,18-19H2,1-4H3,(H,34,39). The summed E-state index contributed by atoms with van der Waals surface area (Å²) >= 11 is 0. The van der Waals surface area contributed by atoms with E-state index in [1.807, 2.05) is 11.0 Å². The molecule has 1 aliphatic carbocycles. The molecular formula is C32H43N5O4. The summed E-state index contributed by atoms with van der Waals surface area (Å²) in [5.74, 6) is 1.44. The number of H-pyrrole nitrogens is 1. The van der Waals surface area contributed by atoms with Gasteiger partial charge in [-0.15, -0.1) is 0 Å². The van der Waals surface area contributed by atoms with Gasteiger partial charge in [-0.2, -0.15) is 0 Å². The summed E-state index contributed by atoms with van der Waals surface area (Å²) in [5, 5.41) is 3.46. The van der Waals surface area contributed by atoms with Crippen molar-refractivity contribution < 1.29 is 14.3 Å². The number of aromatic nitrogens is 3. The maximum absolute atomic E-state index is 13.0. The first-order valence-corrected chi connectivity index (χ1v) is 15.1. The van der Waals surface area contributed by atoms with Gasteiger partial charge in [0.25, 0.3) is 5.56 Å². The lowest BCUT2D eigenvalue weighted by Crippen LogP contribution is -2.40. The minimum absolute atomic E-state index is 0.0525. The summed E-state index contributed by atoms with van der Waals surface area (Å²) in [5.41, 5.74) is 4.28. The number of imidazole rings is 1. The van der Waals surface area contributed by atoms with Crippen LogP contribution in [0.4, 0.5) is 0 Å². The zero-order valence-corrected chi connectivity index (χ0v) is 24.7. The molecule has 0 radical (unpaired) electrons. The van der Waals surface area contributed by atoms with Crippen LogP contribution in [0.25, 0.3) is 22.4 Å². The Kier molecular flexibility index (Phi) is 8.92. The lowest BCUT2D eigenvalue weighted by Gasteiger charge is -2.22. The smallest absolute Gasteiger partial charge is 0.323 e. The molecule has 1 aliphatic heterocycles. The summed E-state index contributed by atoms with van der Waals surface area (Å²) < 4.78 is 8.05. The number of nitrogens with one attached hydrogen (secondary N) is 2. The number of nitrogens with zero attached hydrogens (tertiary/aromatic N) is 3. The number of esters is 1. The average molecular weight is 562 g/mol. The Labute approximate surface area is 241 Å². The fourth-order valence-corrected chi connectivity index (χ4v) is 6.17. The third kappa shape index (κ3) is 6.89. The molecule has 0 bridgehead atoms. The molecule has 2 atom stereocenters. The van der Waals surface area contributed by atoms with Crippen LogP contribution in [0.3, 0.4) is 0 Å². The molecule has 1 saturated carbocycles.